The molecule has 0 amide bonds. The van der Waals surface area contributed by atoms with Crippen LogP contribution in [0.5, 0.6) is 5.75 Å². The van der Waals surface area contributed by atoms with Crippen LogP contribution >= 0.6 is 0 Å². The van der Waals surface area contributed by atoms with Gasteiger partial charge in [0.1, 0.15) is 5.84 Å². The predicted octanol–water partition coefficient (Wildman–Crippen LogP) is 1.90. The van der Waals surface area contributed by atoms with Crippen LogP contribution in [-0.4, -0.2) is 17.6 Å². The van der Waals surface area contributed by atoms with Crippen LogP contribution in [0.4, 0.5) is 22.0 Å². The van der Waals surface area contributed by atoms with E-state index in [9.17, 15) is 22.0 Å². The number of halogens is 5. The van der Waals surface area contributed by atoms with E-state index in [-0.39, 0.29) is 12.3 Å². The largest absolute Gasteiger partial charge is 0.487 e. The molecule has 0 fully saturated rings. The minimum absolute atomic E-state index is 0.254. The van der Waals surface area contributed by atoms with Gasteiger partial charge in [0.15, 0.2) is 5.75 Å². The number of benzene rings is 1. The maximum Gasteiger partial charge on any atom is 0.206 e. The lowest BCUT2D eigenvalue weighted by molar-refractivity contribution is 0.266. The van der Waals surface area contributed by atoms with Gasteiger partial charge in [0, 0.05) is 6.42 Å². The summed E-state index contributed by atoms with van der Waals surface area (Å²) < 4.78 is 68.6. The molecule has 18 heavy (non-hydrogen) atoms. The monoisotopic (exact) mass is 270 g/mol. The van der Waals surface area contributed by atoms with Crippen LogP contribution in [0, 0.1) is 29.1 Å². The second-order valence-electron chi connectivity index (χ2n) is 3.09. The number of nitrogens with two attached hydrogens (primary N) is 1. The van der Waals surface area contributed by atoms with Gasteiger partial charge in [-0.1, -0.05) is 5.16 Å². The van der Waals surface area contributed by atoms with E-state index >= 15 is 0 Å². The molecule has 1 rings (SSSR count). The van der Waals surface area contributed by atoms with Crippen LogP contribution < -0.4 is 10.5 Å². The summed E-state index contributed by atoms with van der Waals surface area (Å²) in [4.78, 5) is 0. The Bertz CT molecular complexity index is 463. The topological polar surface area (TPSA) is 67.8 Å². The second-order valence-corrected chi connectivity index (χ2v) is 3.09. The van der Waals surface area contributed by atoms with Crippen molar-refractivity contribution in [2.24, 2.45) is 10.9 Å². The van der Waals surface area contributed by atoms with Crippen LogP contribution in [0.15, 0.2) is 5.16 Å². The smallest absolute Gasteiger partial charge is 0.206 e. The fourth-order valence-corrected chi connectivity index (χ4v) is 1.02. The lowest BCUT2D eigenvalue weighted by Gasteiger charge is -2.09. The standard InChI is InChI=1S/C9H7F5N2O2/c10-4-5(11)7(13)9(8(14)6(4)12)18-2-1-3(15)16-17/h17H,1-2H2,(H2,15,16). The van der Waals surface area contributed by atoms with Crippen molar-refractivity contribution in [1.82, 2.24) is 0 Å². The third-order valence-corrected chi connectivity index (χ3v) is 1.90. The van der Waals surface area contributed by atoms with Crippen molar-refractivity contribution in [3.63, 3.8) is 0 Å². The molecule has 0 bridgehead atoms. The summed E-state index contributed by atoms with van der Waals surface area (Å²) in [7, 11) is 0. The van der Waals surface area contributed by atoms with E-state index in [2.05, 4.69) is 9.89 Å². The first kappa shape index (κ1) is 14.0. The van der Waals surface area contributed by atoms with Crippen molar-refractivity contribution >= 4 is 5.84 Å². The molecule has 0 aliphatic carbocycles. The summed E-state index contributed by atoms with van der Waals surface area (Å²) in [6.45, 7) is -0.520. The summed E-state index contributed by atoms with van der Waals surface area (Å²) in [5.74, 6) is -12.4. The van der Waals surface area contributed by atoms with Gasteiger partial charge in [0.2, 0.25) is 29.1 Å². The summed E-state index contributed by atoms with van der Waals surface area (Å²) in [5.41, 5.74) is 5.02. The molecule has 100 valence electrons. The number of nitrogens with zero attached hydrogens (tertiary/aromatic N) is 1. The first-order chi connectivity index (χ1) is 8.40. The Morgan fingerprint density at radius 2 is 1.44 bits per heavy atom. The zero-order valence-corrected chi connectivity index (χ0v) is 8.68. The molecule has 0 saturated carbocycles. The summed E-state index contributed by atoms with van der Waals surface area (Å²) in [6.07, 6.45) is -0.254. The van der Waals surface area contributed by atoms with Crippen LogP contribution in [0.3, 0.4) is 0 Å². The molecule has 0 unspecified atom stereocenters. The molecule has 0 atom stereocenters. The first-order valence-electron chi connectivity index (χ1n) is 4.50. The van der Waals surface area contributed by atoms with E-state index in [0.29, 0.717) is 0 Å². The number of rotatable bonds is 4. The average molecular weight is 270 g/mol. The van der Waals surface area contributed by atoms with Gasteiger partial charge in [-0.3, -0.25) is 0 Å². The van der Waals surface area contributed by atoms with E-state index < -0.39 is 41.4 Å². The van der Waals surface area contributed by atoms with Gasteiger partial charge in [-0.25, -0.2) is 13.2 Å². The third kappa shape index (κ3) is 2.60. The summed E-state index contributed by atoms with van der Waals surface area (Å²) in [6, 6.07) is 0. The Labute approximate surface area is 97.5 Å². The molecule has 0 aliphatic rings. The molecule has 0 aliphatic heterocycles. The third-order valence-electron chi connectivity index (χ3n) is 1.90. The fourth-order valence-electron chi connectivity index (χ4n) is 1.02. The van der Waals surface area contributed by atoms with Gasteiger partial charge >= 0.3 is 0 Å². The van der Waals surface area contributed by atoms with Crippen molar-refractivity contribution < 1.29 is 31.9 Å². The SMILES string of the molecule is N/C(CCOc1c(F)c(F)c(F)c(F)c1F)=N\O. The number of hydrogen-bond donors (Lipinski definition) is 2. The van der Waals surface area contributed by atoms with E-state index in [4.69, 9.17) is 10.9 Å². The van der Waals surface area contributed by atoms with Crippen LogP contribution in [0.25, 0.3) is 0 Å². The van der Waals surface area contributed by atoms with Crippen molar-refractivity contribution in [3.8, 4) is 5.75 Å². The van der Waals surface area contributed by atoms with Crippen molar-refractivity contribution in [3.05, 3.63) is 29.1 Å². The van der Waals surface area contributed by atoms with Gasteiger partial charge in [0.05, 0.1) is 6.61 Å². The van der Waals surface area contributed by atoms with Gasteiger partial charge < -0.3 is 15.7 Å². The van der Waals surface area contributed by atoms with Gasteiger partial charge in [0.25, 0.3) is 0 Å². The van der Waals surface area contributed by atoms with Crippen LogP contribution in [0.1, 0.15) is 6.42 Å². The summed E-state index contributed by atoms with van der Waals surface area (Å²) >= 11 is 0. The number of amidine groups is 1. The minimum Gasteiger partial charge on any atom is -0.487 e. The highest BCUT2D eigenvalue weighted by Gasteiger charge is 2.26. The Hall–Kier alpha value is -2.06. The van der Waals surface area contributed by atoms with Gasteiger partial charge in [-0.05, 0) is 0 Å². The molecule has 0 saturated heterocycles. The van der Waals surface area contributed by atoms with Crippen LogP contribution in [0.2, 0.25) is 0 Å². The lowest BCUT2D eigenvalue weighted by Crippen LogP contribution is -2.16. The molecule has 1 aromatic carbocycles. The quantitative estimate of drug-likeness (QED) is 0.167. The normalized spacial score (nSPS) is 11.7. The molecule has 3 N–H and O–H groups in total. The van der Waals surface area contributed by atoms with E-state index in [0.717, 1.165) is 0 Å². The summed E-state index contributed by atoms with van der Waals surface area (Å²) in [5, 5.41) is 10.7. The highest BCUT2D eigenvalue weighted by Crippen LogP contribution is 2.29. The molecule has 9 heteroatoms. The molecule has 0 heterocycles. The maximum absolute atomic E-state index is 13.1. The second kappa shape index (κ2) is 5.52. The molecule has 1 aromatic rings. The Morgan fingerprint density at radius 1 is 1.00 bits per heavy atom. The number of ether oxygens (including phenoxy) is 1. The van der Waals surface area contributed by atoms with Crippen LogP contribution in [-0.2, 0) is 0 Å². The first-order valence-corrected chi connectivity index (χ1v) is 4.50. The zero-order chi connectivity index (χ0) is 13.9. The van der Waals surface area contributed by atoms with E-state index in [1.165, 1.54) is 0 Å². The fraction of sp³-hybridized carbons (Fsp3) is 0.222. The predicted molar refractivity (Wildman–Crippen MR) is 49.8 cm³/mol. The number of oxime groups is 1. The highest BCUT2D eigenvalue weighted by molar-refractivity contribution is 5.79. The Balaban J connectivity index is 2.96. The average Bonchev–Trinajstić information content (AvgIpc) is 2.37. The zero-order valence-electron chi connectivity index (χ0n) is 8.68. The lowest BCUT2D eigenvalue weighted by atomic mass is 10.2. The van der Waals surface area contributed by atoms with E-state index in [1.54, 1.807) is 0 Å². The van der Waals surface area contributed by atoms with Crippen molar-refractivity contribution in [1.29, 1.82) is 0 Å². The van der Waals surface area contributed by atoms with E-state index in [1.807, 2.05) is 0 Å². The molecule has 0 spiro atoms. The molecular formula is C9H7F5N2O2. The molecule has 0 aromatic heterocycles. The number of hydrogen-bond acceptors (Lipinski definition) is 3. The molecular weight excluding hydrogens is 263 g/mol. The Kier molecular flexibility index (Phi) is 4.29. The molecule has 0 radical (unpaired) electrons. The van der Waals surface area contributed by atoms with Crippen molar-refractivity contribution in [2.45, 2.75) is 6.42 Å². The van der Waals surface area contributed by atoms with Gasteiger partial charge in [-0.15, -0.1) is 0 Å². The van der Waals surface area contributed by atoms with Crippen molar-refractivity contribution in [2.75, 3.05) is 6.61 Å². The maximum atomic E-state index is 13.1. The molecule has 4 nitrogen and oxygen atoms in total. The Morgan fingerprint density at radius 3 is 1.89 bits per heavy atom. The minimum atomic E-state index is -2.27. The van der Waals surface area contributed by atoms with Gasteiger partial charge in [-0.2, -0.15) is 8.78 Å². The highest BCUT2D eigenvalue weighted by atomic mass is 19.2.